The fraction of sp³-hybridized carbons (Fsp3) is 0.400. The smallest absolute Gasteiger partial charge is 0.138 e. The number of hydrogen-bond donors (Lipinski definition) is 1. The van der Waals surface area contributed by atoms with E-state index in [0.29, 0.717) is 17.3 Å². The number of rotatable bonds is 6. The van der Waals surface area contributed by atoms with Gasteiger partial charge in [-0.05, 0) is 24.6 Å². The van der Waals surface area contributed by atoms with E-state index in [2.05, 4.69) is 5.10 Å². The van der Waals surface area contributed by atoms with E-state index < -0.39 is 6.10 Å². The molecule has 1 N–H and O–H groups in total. The van der Waals surface area contributed by atoms with Crippen LogP contribution in [0.4, 0.5) is 5.69 Å². The molecule has 6 heteroatoms. The fourth-order valence-electron chi connectivity index (χ4n) is 1.99. The number of aliphatic hydroxyl groups excluding tert-OH is 1. The van der Waals surface area contributed by atoms with E-state index in [4.69, 9.17) is 16.3 Å². The topological polar surface area (TPSA) is 50.5 Å². The zero-order valence-corrected chi connectivity index (χ0v) is 13.2. The maximum Gasteiger partial charge on any atom is 0.138 e. The van der Waals surface area contributed by atoms with Crippen LogP contribution in [0.25, 0.3) is 0 Å². The number of ether oxygens (including phenoxy) is 1. The molecule has 0 aliphatic carbocycles. The van der Waals surface area contributed by atoms with Crippen molar-refractivity contribution in [1.29, 1.82) is 0 Å². The summed E-state index contributed by atoms with van der Waals surface area (Å²) in [6.45, 7) is 2.61. The highest BCUT2D eigenvalue weighted by atomic mass is 35.5. The Labute approximate surface area is 129 Å². The third-order valence-electron chi connectivity index (χ3n) is 3.13. The van der Waals surface area contributed by atoms with Gasteiger partial charge in [0, 0.05) is 26.8 Å². The van der Waals surface area contributed by atoms with Crippen molar-refractivity contribution in [3.05, 3.63) is 41.2 Å². The first-order valence-electron chi connectivity index (χ1n) is 6.72. The Kier molecular flexibility index (Phi) is 5.09. The molecule has 0 spiro atoms. The zero-order valence-electron chi connectivity index (χ0n) is 12.5. The lowest BCUT2D eigenvalue weighted by molar-refractivity contribution is 0.113. The first kappa shape index (κ1) is 15.7. The van der Waals surface area contributed by atoms with E-state index in [0.717, 1.165) is 11.3 Å². The van der Waals surface area contributed by atoms with Gasteiger partial charge in [0.2, 0.25) is 0 Å². The Morgan fingerprint density at radius 3 is 2.90 bits per heavy atom. The monoisotopic (exact) mass is 309 g/mol. The Balaban J connectivity index is 1.87. The molecule has 0 amide bonds. The van der Waals surface area contributed by atoms with Crippen LogP contribution in [-0.2, 0) is 7.05 Å². The van der Waals surface area contributed by atoms with Crippen LogP contribution in [-0.4, -0.2) is 41.2 Å². The molecule has 0 bridgehead atoms. The fourth-order valence-corrected chi connectivity index (χ4v) is 2.16. The second-order valence-electron chi connectivity index (χ2n) is 5.15. The van der Waals surface area contributed by atoms with Crippen LogP contribution in [0, 0.1) is 6.92 Å². The quantitative estimate of drug-likeness (QED) is 0.889. The lowest BCUT2D eigenvalue weighted by atomic mass is 10.2. The highest BCUT2D eigenvalue weighted by molar-refractivity contribution is 6.32. The molecule has 2 aromatic rings. The van der Waals surface area contributed by atoms with Crippen molar-refractivity contribution in [3.63, 3.8) is 0 Å². The predicted molar refractivity (Wildman–Crippen MR) is 84.2 cm³/mol. The number of likely N-dealkylation sites (N-methyl/N-ethyl adjacent to an activating group) is 1. The zero-order chi connectivity index (χ0) is 15.4. The molecule has 0 saturated heterocycles. The summed E-state index contributed by atoms with van der Waals surface area (Å²) in [5.41, 5.74) is 2.02. The number of benzene rings is 1. The summed E-state index contributed by atoms with van der Waals surface area (Å²) in [4.78, 5) is 1.93. The van der Waals surface area contributed by atoms with E-state index >= 15 is 0 Å². The molecule has 1 aromatic carbocycles. The number of aryl methyl sites for hydroxylation is 2. The lowest BCUT2D eigenvalue weighted by Crippen LogP contribution is -2.33. The standard InChI is InChI=1S/C15H20ClN3O2/c1-11-4-5-14(16)15(6-11)21-10-13(20)9-18(2)12-7-17-19(3)8-12/h4-8,13,20H,9-10H2,1-3H3/t13-/m0/s1. The van der Waals surface area contributed by atoms with Crippen molar-refractivity contribution in [2.24, 2.45) is 7.05 Å². The largest absolute Gasteiger partial charge is 0.489 e. The van der Waals surface area contributed by atoms with Crippen molar-refractivity contribution in [2.75, 3.05) is 25.1 Å². The molecule has 5 nitrogen and oxygen atoms in total. The number of halogens is 1. The molecule has 1 atom stereocenters. The van der Waals surface area contributed by atoms with Crippen molar-refractivity contribution in [3.8, 4) is 5.75 Å². The number of aliphatic hydroxyl groups is 1. The molecule has 1 heterocycles. The van der Waals surface area contributed by atoms with E-state index in [9.17, 15) is 5.11 Å². The van der Waals surface area contributed by atoms with E-state index in [1.807, 2.05) is 44.2 Å². The average Bonchev–Trinajstić information content (AvgIpc) is 2.86. The molecule has 0 fully saturated rings. The Morgan fingerprint density at radius 1 is 1.48 bits per heavy atom. The predicted octanol–water partition coefficient (Wildman–Crippen LogP) is 2.26. The van der Waals surface area contributed by atoms with Gasteiger partial charge >= 0.3 is 0 Å². The third kappa shape index (κ3) is 4.37. The summed E-state index contributed by atoms with van der Waals surface area (Å²) < 4.78 is 7.32. The van der Waals surface area contributed by atoms with Gasteiger partial charge in [0.25, 0.3) is 0 Å². The van der Waals surface area contributed by atoms with Gasteiger partial charge < -0.3 is 14.7 Å². The van der Waals surface area contributed by atoms with Gasteiger partial charge in [-0.1, -0.05) is 17.7 Å². The minimum Gasteiger partial charge on any atom is -0.489 e. The van der Waals surface area contributed by atoms with Crippen LogP contribution in [0.15, 0.2) is 30.6 Å². The molecular weight excluding hydrogens is 290 g/mol. The molecule has 1 aromatic heterocycles. The first-order valence-corrected chi connectivity index (χ1v) is 7.10. The van der Waals surface area contributed by atoms with Gasteiger partial charge in [-0.25, -0.2) is 0 Å². The lowest BCUT2D eigenvalue weighted by Gasteiger charge is -2.21. The minimum absolute atomic E-state index is 0.188. The number of anilines is 1. The van der Waals surface area contributed by atoms with Crippen LogP contribution in [0.1, 0.15) is 5.56 Å². The van der Waals surface area contributed by atoms with E-state index in [1.165, 1.54) is 0 Å². The van der Waals surface area contributed by atoms with Crippen LogP contribution < -0.4 is 9.64 Å². The summed E-state index contributed by atoms with van der Waals surface area (Å²) in [5, 5.41) is 14.7. The van der Waals surface area contributed by atoms with Gasteiger partial charge in [-0.15, -0.1) is 0 Å². The molecule has 114 valence electrons. The summed E-state index contributed by atoms with van der Waals surface area (Å²) >= 11 is 6.06. The normalized spacial score (nSPS) is 12.2. The molecule has 0 saturated carbocycles. The van der Waals surface area contributed by atoms with Crippen LogP contribution in [0.5, 0.6) is 5.75 Å². The molecule has 0 aliphatic heterocycles. The maximum absolute atomic E-state index is 10.1. The maximum atomic E-state index is 10.1. The average molecular weight is 310 g/mol. The Hall–Kier alpha value is -1.72. The second-order valence-corrected chi connectivity index (χ2v) is 5.56. The summed E-state index contributed by atoms with van der Waals surface area (Å²) in [5.74, 6) is 0.597. The molecule has 0 aliphatic rings. The number of hydrogen-bond acceptors (Lipinski definition) is 4. The van der Waals surface area contributed by atoms with Crippen LogP contribution >= 0.6 is 11.6 Å². The van der Waals surface area contributed by atoms with Crippen molar-refractivity contribution in [2.45, 2.75) is 13.0 Å². The van der Waals surface area contributed by atoms with Gasteiger partial charge in [-0.3, -0.25) is 4.68 Å². The van der Waals surface area contributed by atoms with Gasteiger partial charge in [0.05, 0.1) is 16.9 Å². The minimum atomic E-state index is -0.619. The summed E-state index contributed by atoms with van der Waals surface area (Å²) in [6.07, 6.45) is 3.03. The second kappa shape index (κ2) is 6.83. The molecule has 2 rings (SSSR count). The molecule has 21 heavy (non-hydrogen) atoms. The van der Waals surface area contributed by atoms with E-state index in [-0.39, 0.29) is 6.61 Å². The Bertz CT molecular complexity index is 600. The first-order chi connectivity index (χ1) is 9.95. The van der Waals surface area contributed by atoms with E-state index in [1.54, 1.807) is 16.9 Å². The van der Waals surface area contributed by atoms with Gasteiger partial charge in [0.1, 0.15) is 18.5 Å². The van der Waals surface area contributed by atoms with Crippen LogP contribution in [0.3, 0.4) is 0 Å². The van der Waals surface area contributed by atoms with Gasteiger partial charge in [0.15, 0.2) is 0 Å². The van der Waals surface area contributed by atoms with Crippen molar-refractivity contribution < 1.29 is 9.84 Å². The Morgan fingerprint density at radius 2 is 2.24 bits per heavy atom. The number of nitrogens with zero attached hydrogens (tertiary/aromatic N) is 3. The number of aromatic nitrogens is 2. The molecule has 0 radical (unpaired) electrons. The third-order valence-corrected chi connectivity index (χ3v) is 3.45. The molecular formula is C15H20ClN3O2. The highest BCUT2D eigenvalue weighted by Gasteiger charge is 2.12. The molecule has 0 unspecified atom stereocenters. The summed E-state index contributed by atoms with van der Waals surface area (Å²) in [6, 6.07) is 5.57. The van der Waals surface area contributed by atoms with Crippen molar-refractivity contribution in [1.82, 2.24) is 9.78 Å². The highest BCUT2D eigenvalue weighted by Crippen LogP contribution is 2.25. The summed E-state index contributed by atoms with van der Waals surface area (Å²) in [7, 11) is 3.76. The SMILES string of the molecule is Cc1ccc(Cl)c(OC[C@@H](O)CN(C)c2cnn(C)c2)c1. The van der Waals surface area contributed by atoms with Gasteiger partial charge in [-0.2, -0.15) is 5.10 Å². The van der Waals surface area contributed by atoms with Crippen LogP contribution in [0.2, 0.25) is 5.02 Å². The van der Waals surface area contributed by atoms with Crippen molar-refractivity contribution >= 4 is 17.3 Å².